The third-order valence-electron chi connectivity index (χ3n) is 5.00. The summed E-state index contributed by atoms with van der Waals surface area (Å²) in [6.07, 6.45) is 5.16. The third kappa shape index (κ3) is 3.85. The monoisotopic (exact) mass is 398 g/mol. The fraction of sp³-hybridized carbons (Fsp3) is 0.450. The van der Waals surface area contributed by atoms with E-state index in [1.807, 2.05) is 26.8 Å². The van der Waals surface area contributed by atoms with Gasteiger partial charge in [0.15, 0.2) is 11.6 Å². The van der Waals surface area contributed by atoms with Gasteiger partial charge in [0.25, 0.3) is 0 Å². The first-order valence-electron chi connectivity index (χ1n) is 9.57. The van der Waals surface area contributed by atoms with Crippen LogP contribution in [0.25, 0.3) is 11.4 Å². The number of likely N-dealkylation sites (N-methyl/N-ethyl adjacent to an activating group) is 1. The highest BCUT2D eigenvalue weighted by Crippen LogP contribution is 2.37. The van der Waals surface area contributed by atoms with Crippen molar-refractivity contribution in [3.05, 3.63) is 30.2 Å². The molecule has 0 radical (unpaired) electrons. The average molecular weight is 398 g/mol. The lowest BCUT2D eigenvalue weighted by molar-refractivity contribution is -0.120. The van der Waals surface area contributed by atoms with Crippen LogP contribution in [0.2, 0.25) is 0 Å². The molecule has 3 heterocycles. The number of carbonyl (C=O) groups is 2. The summed E-state index contributed by atoms with van der Waals surface area (Å²) in [5.41, 5.74) is 2.21. The zero-order chi connectivity index (χ0) is 21.1. The number of amides is 2. The summed E-state index contributed by atoms with van der Waals surface area (Å²) >= 11 is 0. The minimum Gasteiger partial charge on any atom is -0.453 e. The van der Waals surface area contributed by atoms with Crippen LogP contribution in [0.15, 0.2) is 24.7 Å². The summed E-state index contributed by atoms with van der Waals surface area (Å²) in [5, 5.41) is 2.66. The van der Waals surface area contributed by atoms with Crippen LogP contribution in [-0.2, 0) is 16.1 Å². The van der Waals surface area contributed by atoms with E-state index in [9.17, 15) is 9.59 Å². The van der Waals surface area contributed by atoms with Gasteiger partial charge in [-0.25, -0.2) is 14.8 Å². The van der Waals surface area contributed by atoms with Gasteiger partial charge in [-0.15, -0.1) is 0 Å². The summed E-state index contributed by atoms with van der Waals surface area (Å²) in [7, 11) is 3.07. The lowest BCUT2D eigenvalue weighted by Gasteiger charge is -2.42. The minimum absolute atomic E-state index is 0.0388. The highest BCUT2D eigenvalue weighted by atomic mass is 16.5. The molecular weight excluding hydrogens is 372 g/mol. The van der Waals surface area contributed by atoms with Crippen molar-refractivity contribution in [2.24, 2.45) is 0 Å². The van der Waals surface area contributed by atoms with Crippen LogP contribution in [0.5, 0.6) is 0 Å². The number of nitrogens with zero attached hydrogens (tertiary/aromatic N) is 5. The molecule has 0 fully saturated rings. The molecule has 29 heavy (non-hydrogen) atoms. The van der Waals surface area contributed by atoms with Crippen molar-refractivity contribution >= 4 is 23.5 Å². The smallest absolute Gasteiger partial charge is 0.407 e. The SMILES string of the molecule is CCC1C(=O)N(C)c2cnc(-c3ccncc3CNC(=O)OC)nc2N1C(C)C. The molecule has 154 valence electrons. The molecule has 1 aliphatic rings. The van der Waals surface area contributed by atoms with Crippen molar-refractivity contribution in [3.63, 3.8) is 0 Å². The summed E-state index contributed by atoms with van der Waals surface area (Å²) in [6, 6.07) is 1.63. The van der Waals surface area contributed by atoms with E-state index in [4.69, 9.17) is 4.98 Å². The fourth-order valence-corrected chi connectivity index (χ4v) is 3.53. The van der Waals surface area contributed by atoms with E-state index in [-0.39, 0.29) is 24.5 Å². The fourth-order valence-electron chi connectivity index (χ4n) is 3.53. The molecule has 0 spiro atoms. The summed E-state index contributed by atoms with van der Waals surface area (Å²) in [4.78, 5) is 41.4. The molecule has 2 aromatic heterocycles. The van der Waals surface area contributed by atoms with Gasteiger partial charge in [-0.1, -0.05) is 6.92 Å². The van der Waals surface area contributed by atoms with Gasteiger partial charge in [0, 0.05) is 43.2 Å². The van der Waals surface area contributed by atoms with E-state index in [2.05, 4.69) is 24.9 Å². The van der Waals surface area contributed by atoms with E-state index in [1.165, 1.54) is 7.11 Å². The lowest BCUT2D eigenvalue weighted by atomic mass is 10.0. The second-order valence-corrected chi connectivity index (χ2v) is 7.10. The van der Waals surface area contributed by atoms with Crippen LogP contribution >= 0.6 is 0 Å². The molecule has 0 saturated carbocycles. The van der Waals surface area contributed by atoms with E-state index < -0.39 is 6.09 Å². The van der Waals surface area contributed by atoms with Crippen molar-refractivity contribution < 1.29 is 14.3 Å². The Labute approximate surface area is 170 Å². The molecule has 0 saturated heterocycles. The normalized spacial score (nSPS) is 16.1. The Morgan fingerprint density at radius 3 is 2.76 bits per heavy atom. The average Bonchev–Trinajstić information content (AvgIpc) is 2.73. The van der Waals surface area contributed by atoms with Crippen molar-refractivity contribution in [1.29, 1.82) is 0 Å². The first kappa shape index (κ1) is 20.5. The number of ether oxygens (including phenoxy) is 1. The second-order valence-electron chi connectivity index (χ2n) is 7.10. The number of carbonyl (C=O) groups excluding carboxylic acids is 2. The lowest BCUT2D eigenvalue weighted by Crippen LogP contribution is -2.54. The molecule has 9 nitrogen and oxygen atoms in total. The number of rotatable bonds is 5. The van der Waals surface area contributed by atoms with Gasteiger partial charge >= 0.3 is 6.09 Å². The largest absolute Gasteiger partial charge is 0.453 e. The number of pyridine rings is 1. The van der Waals surface area contributed by atoms with E-state index in [0.717, 1.165) is 16.9 Å². The molecule has 9 heteroatoms. The van der Waals surface area contributed by atoms with Crippen LogP contribution in [-0.4, -0.2) is 53.2 Å². The maximum absolute atomic E-state index is 12.8. The quantitative estimate of drug-likeness (QED) is 0.825. The van der Waals surface area contributed by atoms with Crippen molar-refractivity contribution in [3.8, 4) is 11.4 Å². The van der Waals surface area contributed by atoms with Crippen molar-refractivity contribution in [2.75, 3.05) is 24.0 Å². The number of anilines is 2. The zero-order valence-electron chi connectivity index (χ0n) is 17.3. The number of fused-ring (bicyclic) bond motifs is 1. The molecule has 2 aromatic rings. The van der Waals surface area contributed by atoms with Crippen molar-refractivity contribution in [2.45, 2.75) is 45.8 Å². The first-order chi connectivity index (χ1) is 13.9. The Bertz CT molecular complexity index is 917. The molecule has 1 aliphatic heterocycles. The highest BCUT2D eigenvalue weighted by molar-refractivity contribution is 6.04. The Morgan fingerprint density at radius 1 is 1.34 bits per heavy atom. The standard InChI is InChI=1S/C20H26N6O3/c1-6-15-19(27)25(4)16-11-22-17(24-18(16)26(15)12(2)3)14-7-8-21-9-13(14)10-23-20(28)29-5/h7-9,11-12,15H,6,10H2,1-5H3,(H,23,28). The van der Waals surface area contributed by atoms with E-state index >= 15 is 0 Å². The number of hydrogen-bond acceptors (Lipinski definition) is 7. The molecule has 1 atom stereocenters. The number of alkyl carbamates (subject to hydrolysis) is 1. The Kier molecular flexibility index (Phi) is 5.95. The number of aromatic nitrogens is 3. The van der Waals surface area contributed by atoms with Gasteiger partial charge in [-0.2, -0.15) is 0 Å². The van der Waals surface area contributed by atoms with Crippen LogP contribution in [0.1, 0.15) is 32.8 Å². The van der Waals surface area contributed by atoms with Gasteiger partial charge in [0.2, 0.25) is 5.91 Å². The maximum Gasteiger partial charge on any atom is 0.407 e. The second kappa shape index (κ2) is 8.42. The summed E-state index contributed by atoms with van der Waals surface area (Å²) in [5.74, 6) is 1.27. The summed E-state index contributed by atoms with van der Waals surface area (Å²) < 4.78 is 4.63. The predicted molar refractivity (Wildman–Crippen MR) is 110 cm³/mol. The van der Waals surface area contributed by atoms with E-state index in [1.54, 1.807) is 30.5 Å². The predicted octanol–water partition coefficient (Wildman–Crippen LogP) is 2.36. The van der Waals surface area contributed by atoms with E-state index in [0.29, 0.717) is 17.9 Å². The Balaban J connectivity index is 2.06. The third-order valence-corrected chi connectivity index (χ3v) is 5.00. The van der Waals surface area contributed by atoms with Crippen LogP contribution < -0.4 is 15.1 Å². The zero-order valence-corrected chi connectivity index (χ0v) is 17.3. The molecule has 0 aromatic carbocycles. The molecule has 0 bridgehead atoms. The highest BCUT2D eigenvalue weighted by Gasteiger charge is 2.38. The maximum atomic E-state index is 12.8. The summed E-state index contributed by atoms with van der Waals surface area (Å²) in [6.45, 7) is 6.33. The van der Waals surface area contributed by atoms with Gasteiger partial charge < -0.3 is 19.9 Å². The van der Waals surface area contributed by atoms with Crippen molar-refractivity contribution in [1.82, 2.24) is 20.3 Å². The topological polar surface area (TPSA) is 101 Å². The van der Waals surface area contributed by atoms with Crippen LogP contribution in [0.3, 0.4) is 0 Å². The number of hydrogen-bond donors (Lipinski definition) is 1. The number of methoxy groups -OCH3 is 1. The van der Waals surface area contributed by atoms with Gasteiger partial charge in [-0.05, 0) is 26.3 Å². The molecule has 0 aliphatic carbocycles. The molecule has 2 amide bonds. The Hall–Kier alpha value is -3.23. The Morgan fingerprint density at radius 2 is 2.10 bits per heavy atom. The van der Waals surface area contributed by atoms with Crippen LogP contribution in [0, 0.1) is 0 Å². The van der Waals surface area contributed by atoms with Gasteiger partial charge in [0.1, 0.15) is 11.7 Å². The van der Waals surface area contributed by atoms with Gasteiger partial charge in [0.05, 0.1) is 13.3 Å². The van der Waals surface area contributed by atoms with Gasteiger partial charge in [-0.3, -0.25) is 9.78 Å². The molecular formula is C20H26N6O3. The minimum atomic E-state index is -0.525. The molecule has 1 unspecified atom stereocenters. The molecule has 1 N–H and O–H groups in total. The first-order valence-corrected chi connectivity index (χ1v) is 9.57. The van der Waals surface area contributed by atoms with Crippen LogP contribution in [0.4, 0.5) is 16.3 Å². The number of nitrogens with one attached hydrogen (secondary N) is 1. The molecule has 3 rings (SSSR count).